The fourth-order valence-corrected chi connectivity index (χ4v) is 4.04. The Morgan fingerprint density at radius 1 is 0.875 bits per heavy atom. The Morgan fingerprint density at radius 3 is 1.50 bits per heavy atom. The van der Waals surface area contributed by atoms with Gasteiger partial charge in [-0.1, -0.05) is 43.0 Å². The molecule has 86 valence electrons. The summed E-state index contributed by atoms with van der Waals surface area (Å²) in [6.45, 7) is 6.04. The van der Waals surface area contributed by atoms with E-state index in [2.05, 4.69) is 0 Å². The van der Waals surface area contributed by atoms with Gasteiger partial charge in [0.1, 0.15) is 0 Å². The highest BCUT2D eigenvalue weighted by Crippen LogP contribution is 2.00. The fraction of sp³-hybridized carbons (Fsp3) is 0.333. The highest BCUT2D eigenvalue weighted by atomic mass is 28.3. The van der Waals surface area contributed by atoms with Gasteiger partial charge in [0, 0.05) is 0 Å². The van der Waals surface area contributed by atoms with Crippen LogP contribution in [0.3, 0.4) is 0 Å². The Morgan fingerprint density at radius 2 is 1.25 bits per heavy atom. The molecule has 0 unspecified atom stereocenters. The molecule has 0 amide bonds. The van der Waals surface area contributed by atoms with E-state index in [1.165, 1.54) is 0 Å². The first-order valence-corrected chi connectivity index (χ1v) is 8.60. The van der Waals surface area contributed by atoms with Crippen molar-refractivity contribution in [3.05, 3.63) is 18.2 Å². The largest absolute Gasteiger partial charge is 0.488 e. The van der Waals surface area contributed by atoms with Gasteiger partial charge in [0.2, 0.25) is 0 Å². The molecule has 0 aliphatic rings. The van der Waals surface area contributed by atoms with E-state index in [9.17, 15) is 20.1 Å². The smallest absolute Gasteiger partial charge is 0.423 e. The molecular weight excluding hydrogens is 222 g/mol. The summed E-state index contributed by atoms with van der Waals surface area (Å²) in [7, 11) is -5.05. The van der Waals surface area contributed by atoms with Gasteiger partial charge in [-0.25, -0.2) is 0 Å². The average Bonchev–Trinajstić information content (AvgIpc) is 2.15. The SMILES string of the molecule is C[Si](C)(C)c1c(B(O)O)cccc1B(O)O. The topological polar surface area (TPSA) is 80.9 Å². The third kappa shape index (κ3) is 2.75. The standard InChI is InChI=1S/C9H16B2O4Si/c1-16(2,3)9-7(10(12)13)5-4-6-8(9)11(14)15/h4-6,12-15H,1-3H3. The minimum Gasteiger partial charge on any atom is -0.423 e. The van der Waals surface area contributed by atoms with Crippen LogP contribution in [-0.2, 0) is 0 Å². The Labute approximate surface area is 96.9 Å². The molecule has 4 N–H and O–H groups in total. The molecule has 0 saturated heterocycles. The summed E-state index contributed by atoms with van der Waals surface area (Å²) in [5.74, 6) is 0. The van der Waals surface area contributed by atoms with Crippen LogP contribution in [-0.4, -0.2) is 42.4 Å². The maximum Gasteiger partial charge on any atom is 0.488 e. The lowest BCUT2D eigenvalue weighted by atomic mass is 9.72. The molecule has 16 heavy (non-hydrogen) atoms. The second-order valence-corrected chi connectivity index (χ2v) is 9.81. The fourth-order valence-electron chi connectivity index (χ4n) is 1.89. The van der Waals surface area contributed by atoms with Crippen LogP contribution in [0.2, 0.25) is 19.6 Å². The molecule has 0 saturated carbocycles. The molecule has 0 heterocycles. The van der Waals surface area contributed by atoms with Crippen LogP contribution in [0.15, 0.2) is 18.2 Å². The van der Waals surface area contributed by atoms with Gasteiger partial charge in [-0.15, -0.1) is 0 Å². The normalized spacial score (nSPS) is 11.4. The van der Waals surface area contributed by atoms with Gasteiger partial charge < -0.3 is 20.1 Å². The maximum atomic E-state index is 9.29. The van der Waals surface area contributed by atoms with Crippen LogP contribution in [0.4, 0.5) is 0 Å². The summed E-state index contributed by atoms with van der Waals surface area (Å²) >= 11 is 0. The van der Waals surface area contributed by atoms with Gasteiger partial charge >= 0.3 is 14.2 Å². The molecule has 1 rings (SSSR count). The molecule has 0 spiro atoms. The van der Waals surface area contributed by atoms with Crippen LogP contribution in [0.1, 0.15) is 0 Å². The zero-order valence-corrected chi connectivity index (χ0v) is 10.7. The Bertz CT molecular complexity index is 350. The van der Waals surface area contributed by atoms with Crippen LogP contribution in [0.5, 0.6) is 0 Å². The van der Waals surface area contributed by atoms with Crippen molar-refractivity contribution in [2.75, 3.05) is 0 Å². The van der Waals surface area contributed by atoms with E-state index in [1.807, 2.05) is 19.6 Å². The van der Waals surface area contributed by atoms with Crippen LogP contribution < -0.4 is 16.1 Å². The molecule has 7 heteroatoms. The predicted octanol–water partition coefficient (Wildman–Crippen LogP) is -2.41. The molecule has 0 atom stereocenters. The average molecular weight is 238 g/mol. The van der Waals surface area contributed by atoms with Crippen molar-refractivity contribution in [3.8, 4) is 0 Å². The van der Waals surface area contributed by atoms with Crippen LogP contribution in [0, 0.1) is 0 Å². The molecule has 1 aromatic rings. The van der Waals surface area contributed by atoms with E-state index in [1.54, 1.807) is 18.2 Å². The first-order chi connectivity index (χ1) is 7.25. The van der Waals surface area contributed by atoms with Gasteiger partial charge in [0.05, 0.1) is 8.07 Å². The molecule has 0 radical (unpaired) electrons. The molecule has 0 fully saturated rings. The summed E-state index contributed by atoms with van der Waals surface area (Å²) in [5, 5.41) is 37.8. The lowest BCUT2D eigenvalue weighted by molar-refractivity contribution is 0.426. The van der Waals surface area contributed by atoms with E-state index >= 15 is 0 Å². The zero-order valence-electron chi connectivity index (χ0n) is 9.68. The monoisotopic (exact) mass is 238 g/mol. The van der Waals surface area contributed by atoms with Gasteiger partial charge in [-0.05, 0) is 10.9 Å². The zero-order chi connectivity index (χ0) is 12.5. The van der Waals surface area contributed by atoms with Crippen molar-refractivity contribution in [1.29, 1.82) is 0 Å². The lowest BCUT2D eigenvalue weighted by Crippen LogP contribution is -2.63. The van der Waals surface area contributed by atoms with Crippen molar-refractivity contribution in [2.24, 2.45) is 0 Å². The minimum atomic E-state index is -1.89. The third-order valence-electron chi connectivity index (χ3n) is 2.44. The van der Waals surface area contributed by atoms with Gasteiger partial charge in [-0.2, -0.15) is 0 Å². The van der Waals surface area contributed by atoms with Gasteiger partial charge in [-0.3, -0.25) is 0 Å². The number of hydrogen-bond acceptors (Lipinski definition) is 4. The number of hydrogen-bond donors (Lipinski definition) is 4. The van der Waals surface area contributed by atoms with Crippen molar-refractivity contribution in [1.82, 2.24) is 0 Å². The second-order valence-electron chi connectivity index (χ2n) is 4.81. The lowest BCUT2D eigenvalue weighted by Gasteiger charge is -2.24. The first-order valence-electron chi connectivity index (χ1n) is 5.10. The highest BCUT2D eigenvalue weighted by Gasteiger charge is 2.31. The number of benzene rings is 1. The van der Waals surface area contributed by atoms with E-state index in [4.69, 9.17) is 0 Å². The summed E-state index contributed by atoms with van der Waals surface area (Å²) in [4.78, 5) is 0. The Balaban J connectivity index is 3.48. The Kier molecular flexibility index (Phi) is 3.98. The highest BCUT2D eigenvalue weighted by molar-refractivity contribution is 6.95. The quantitative estimate of drug-likeness (QED) is 0.442. The first kappa shape index (κ1) is 13.5. The molecule has 0 aliphatic heterocycles. The van der Waals surface area contributed by atoms with Crippen molar-refractivity contribution >= 4 is 38.4 Å². The minimum absolute atomic E-state index is 0.366. The second kappa shape index (κ2) is 4.73. The van der Waals surface area contributed by atoms with Gasteiger partial charge in [0.25, 0.3) is 0 Å². The van der Waals surface area contributed by atoms with Crippen LogP contribution >= 0.6 is 0 Å². The molecule has 4 nitrogen and oxygen atoms in total. The van der Waals surface area contributed by atoms with E-state index < -0.39 is 22.3 Å². The third-order valence-corrected chi connectivity index (χ3v) is 4.51. The van der Waals surface area contributed by atoms with Crippen LogP contribution in [0.25, 0.3) is 0 Å². The van der Waals surface area contributed by atoms with E-state index in [-0.39, 0.29) is 0 Å². The van der Waals surface area contributed by atoms with E-state index in [0.29, 0.717) is 16.1 Å². The summed E-state index contributed by atoms with van der Waals surface area (Å²) in [5.41, 5.74) is 0.731. The van der Waals surface area contributed by atoms with Gasteiger partial charge in [0.15, 0.2) is 0 Å². The summed E-state index contributed by atoms with van der Waals surface area (Å²) in [6, 6.07) is 4.79. The predicted molar refractivity (Wildman–Crippen MR) is 69.1 cm³/mol. The van der Waals surface area contributed by atoms with Crippen molar-refractivity contribution in [2.45, 2.75) is 19.6 Å². The maximum absolute atomic E-state index is 9.29. The van der Waals surface area contributed by atoms with Crippen molar-refractivity contribution < 1.29 is 20.1 Å². The number of rotatable bonds is 3. The summed E-state index contributed by atoms with van der Waals surface area (Å²) in [6.07, 6.45) is 0. The van der Waals surface area contributed by atoms with E-state index in [0.717, 1.165) is 0 Å². The Hall–Kier alpha value is -0.593. The molecule has 0 aromatic heterocycles. The molecule has 0 aliphatic carbocycles. The molecular formula is C9H16B2O4Si. The summed E-state index contributed by atoms with van der Waals surface area (Å²) < 4.78 is 0. The molecule has 1 aromatic carbocycles. The van der Waals surface area contributed by atoms with Crippen molar-refractivity contribution in [3.63, 3.8) is 0 Å². The molecule has 0 bridgehead atoms.